The van der Waals surface area contributed by atoms with Crippen molar-refractivity contribution in [3.63, 3.8) is 0 Å². The van der Waals surface area contributed by atoms with E-state index in [9.17, 15) is 0 Å². The van der Waals surface area contributed by atoms with Gasteiger partial charge in [-0.05, 0) is 199 Å². The fraction of sp³-hybridized carbons (Fsp3) is 0.255. The molecule has 0 amide bonds. The van der Waals surface area contributed by atoms with Crippen LogP contribution < -0.4 is 22.8 Å². The van der Waals surface area contributed by atoms with Crippen molar-refractivity contribution in [1.82, 2.24) is 24.9 Å². The molecule has 524 valence electrons. The van der Waals surface area contributed by atoms with Crippen molar-refractivity contribution in [1.29, 1.82) is 0 Å². The Bertz CT molecular complexity index is 5450. The van der Waals surface area contributed by atoms with Gasteiger partial charge < -0.3 is 0 Å². The molecule has 0 aliphatic rings. The molecule has 7 aromatic carbocycles. The third-order valence-corrected chi connectivity index (χ3v) is 19.4. The highest BCUT2D eigenvalue weighted by Crippen LogP contribution is 2.30. The molecule has 0 N–H and O–H groups in total. The Labute approximate surface area is 616 Å². The van der Waals surface area contributed by atoms with Gasteiger partial charge in [-0.15, -0.1) is 0 Å². The lowest BCUT2D eigenvalue weighted by Gasteiger charge is -2.09. The van der Waals surface area contributed by atoms with Crippen molar-refractivity contribution in [3.05, 3.63) is 300 Å². The summed E-state index contributed by atoms with van der Waals surface area (Å²) in [6, 6.07) is 74.3. The summed E-state index contributed by atoms with van der Waals surface area (Å²) < 4.78 is 10.8. The van der Waals surface area contributed by atoms with Crippen molar-refractivity contribution >= 4 is 54.5 Å². The van der Waals surface area contributed by atoms with E-state index in [-0.39, 0.29) is 0 Å². The molecule has 15 rings (SSSR count). The summed E-state index contributed by atoms with van der Waals surface area (Å²) in [5.41, 5.74) is 26.5. The van der Waals surface area contributed by atoms with E-state index in [2.05, 4.69) is 390 Å². The second-order valence-electron chi connectivity index (χ2n) is 29.3. The zero-order chi connectivity index (χ0) is 73.9. The van der Waals surface area contributed by atoms with Crippen LogP contribution in [0.2, 0.25) is 0 Å². The third kappa shape index (κ3) is 17.5. The Morgan fingerprint density at radius 1 is 0.308 bits per heavy atom. The second-order valence-corrected chi connectivity index (χ2v) is 29.3. The van der Waals surface area contributed by atoms with Gasteiger partial charge in [0.25, 0.3) is 0 Å². The molecular weight excluding hydrogens is 1270 g/mol. The monoisotopic (exact) mass is 1370 g/mol. The van der Waals surface area contributed by atoms with Crippen LogP contribution in [0.25, 0.3) is 111 Å². The zero-order valence-electron chi connectivity index (χ0n) is 64.4. The summed E-state index contributed by atoms with van der Waals surface area (Å²) in [7, 11) is 10.4. The largest absolute Gasteiger partial charge is 0.331 e. The van der Waals surface area contributed by atoms with Crippen molar-refractivity contribution in [3.8, 4) is 56.5 Å². The normalized spacial score (nSPS) is 11.2. The van der Waals surface area contributed by atoms with Crippen molar-refractivity contribution in [2.75, 3.05) is 0 Å². The van der Waals surface area contributed by atoms with E-state index in [1.807, 2.05) is 12.3 Å². The molecule has 0 saturated heterocycles. The first-order valence-electron chi connectivity index (χ1n) is 36.7. The summed E-state index contributed by atoms with van der Waals surface area (Å²) in [5, 5.41) is 6.03. The molecule has 8 heterocycles. The number of hydrogen-bond acceptors (Lipinski definition) is 5. The van der Waals surface area contributed by atoms with E-state index < -0.39 is 0 Å². The molecule has 0 saturated carbocycles. The topological polar surface area (TPSA) is 83.8 Å². The van der Waals surface area contributed by atoms with Gasteiger partial charge in [0.1, 0.15) is 33.5 Å². The smallest absolute Gasteiger partial charge is 0.256 e. The molecule has 8 aromatic heterocycles. The summed E-state index contributed by atoms with van der Waals surface area (Å²) in [6.07, 6.45) is 14.8. The predicted octanol–water partition coefficient (Wildman–Crippen LogP) is 19.8. The fourth-order valence-corrected chi connectivity index (χ4v) is 13.7. The SMILES string of the molecule is Cc1ccccc1-c1cc2nc(C(C)C)ccc2c[n+]1C.Cc1ccccc1-c1cc2nc(CC(C)C)ccc2c[n+]1C.Cc1ccccc1-c1cc2ncccc2c[n+]1C.Cc1ccccc1-c1nc2cccc(C(C)C)c2c[n+]1C.Cc1ccccc1-c1nc2cccc(CC(C)C)c2c[n+]1C. The van der Waals surface area contributed by atoms with Crippen LogP contribution >= 0.6 is 0 Å². The number of benzene rings is 7. The minimum Gasteiger partial charge on any atom is -0.256 e. The maximum Gasteiger partial charge on any atom is 0.331 e. The van der Waals surface area contributed by atoms with E-state index in [4.69, 9.17) is 19.9 Å². The lowest BCUT2D eigenvalue weighted by molar-refractivity contribution is -0.661. The van der Waals surface area contributed by atoms with Crippen LogP contribution in [0.1, 0.15) is 118 Å². The molecule has 10 heteroatoms. The van der Waals surface area contributed by atoms with Gasteiger partial charge in [0.15, 0.2) is 29.6 Å². The van der Waals surface area contributed by atoms with E-state index in [1.165, 1.54) is 111 Å². The first kappa shape index (κ1) is 74.1. The van der Waals surface area contributed by atoms with Crippen LogP contribution in [0.4, 0.5) is 0 Å². The summed E-state index contributed by atoms with van der Waals surface area (Å²) >= 11 is 0. The van der Waals surface area contributed by atoms with Crippen molar-refractivity contribution in [2.24, 2.45) is 47.1 Å². The Morgan fingerprint density at radius 2 is 0.712 bits per heavy atom. The summed E-state index contributed by atoms with van der Waals surface area (Å²) in [6.45, 7) is 28.5. The predicted molar refractivity (Wildman–Crippen MR) is 431 cm³/mol. The first-order chi connectivity index (χ1) is 50.0. The lowest BCUT2D eigenvalue weighted by atomic mass is 9.99. The second kappa shape index (κ2) is 33.3. The Hall–Kier alpha value is -11.1. The highest BCUT2D eigenvalue weighted by molar-refractivity contribution is 5.85. The Morgan fingerprint density at radius 3 is 1.16 bits per heavy atom. The number of aromatic nitrogens is 10. The molecule has 0 bridgehead atoms. The van der Waals surface area contributed by atoms with Crippen molar-refractivity contribution < 1.29 is 22.8 Å². The third-order valence-electron chi connectivity index (χ3n) is 19.4. The molecule has 0 atom stereocenters. The molecule has 0 radical (unpaired) electrons. The van der Waals surface area contributed by atoms with E-state index >= 15 is 0 Å². The molecule has 0 spiro atoms. The molecule has 15 aromatic rings. The molecule has 0 unspecified atom stereocenters. The molecular formula is C94H103N10+5. The van der Waals surface area contributed by atoms with Crippen molar-refractivity contribution in [2.45, 2.75) is 115 Å². The number of nitrogens with zero attached hydrogens (tertiary/aromatic N) is 10. The maximum absolute atomic E-state index is 4.94. The van der Waals surface area contributed by atoms with Crippen LogP contribution in [0.5, 0.6) is 0 Å². The molecule has 104 heavy (non-hydrogen) atoms. The standard InChI is InChI=1S/2C20H23N2.2C19H21N2.C16H15N2/c1-14(2)12-16-9-7-11-19-18(16)13-22(4)20(21-19)17-10-6-5-8-15(17)3;1-14(2)11-17-10-9-16-13-22(4)20(12-19(16)21-17)18-8-6-5-7-15(18)3;1-13(2)15-10-7-11-18-17(15)12-21(4)19(20-18)16-9-6-5-8-14(16)3;1-13(2)17-10-9-15-12-21(4)19(11-18(15)20-17)16-8-6-5-7-14(16)3;1-12-6-3-4-8-14(12)16-10-15-13(11-18(16)2)7-5-9-17-15/h5-11,13-14H,12H2,1-4H3;5-10,12-14H,11H2,1-4H3;2*5-13H,1-4H3;3-11H,1-2H3/q5*+1. The van der Waals surface area contributed by atoms with Gasteiger partial charge in [-0.2, -0.15) is 0 Å². The number of aryl methyl sites for hydroxylation is 10. The maximum atomic E-state index is 4.94. The average Bonchev–Trinajstić information content (AvgIpc) is 0.820. The summed E-state index contributed by atoms with van der Waals surface area (Å²) in [4.78, 5) is 24.0. The van der Waals surface area contributed by atoms with E-state index in [1.54, 1.807) is 0 Å². The molecule has 0 fully saturated rings. The Balaban J connectivity index is 0.000000130. The van der Waals surface area contributed by atoms with E-state index in [0.29, 0.717) is 23.7 Å². The first-order valence-corrected chi connectivity index (χ1v) is 36.7. The quantitative estimate of drug-likeness (QED) is 0.121. The molecule has 10 nitrogen and oxygen atoms in total. The molecule has 0 aliphatic heterocycles. The number of rotatable bonds is 11. The van der Waals surface area contributed by atoms with Crippen LogP contribution in [-0.4, -0.2) is 24.9 Å². The average molecular weight is 1370 g/mol. The van der Waals surface area contributed by atoms with Gasteiger partial charge in [0.2, 0.25) is 17.1 Å². The van der Waals surface area contributed by atoms with Gasteiger partial charge >= 0.3 is 11.6 Å². The van der Waals surface area contributed by atoms with Crippen LogP contribution in [0.3, 0.4) is 0 Å². The van der Waals surface area contributed by atoms with Crippen LogP contribution in [-0.2, 0) is 48.1 Å². The van der Waals surface area contributed by atoms with Crippen LogP contribution in [0.15, 0.2) is 250 Å². The van der Waals surface area contributed by atoms with E-state index in [0.717, 1.165) is 63.2 Å². The number of hydrogen-bond donors (Lipinski definition) is 0. The van der Waals surface area contributed by atoms with Crippen LogP contribution in [0, 0.1) is 46.5 Å². The summed E-state index contributed by atoms with van der Waals surface area (Å²) in [5.74, 6) is 4.26. The van der Waals surface area contributed by atoms with Gasteiger partial charge in [0, 0.05) is 52.5 Å². The molecule has 0 aliphatic carbocycles. The van der Waals surface area contributed by atoms with Gasteiger partial charge in [-0.3, -0.25) is 15.0 Å². The zero-order valence-corrected chi connectivity index (χ0v) is 64.4. The number of fused-ring (bicyclic) bond motifs is 5. The minimum absolute atomic E-state index is 0.449. The highest BCUT2D eigenvalue weighted by Gasteiger charge is 2.23. The van der Waals surface area contributed by atoms with Gasteiger partial charge in [-0.1, -0.05) is 171 Å². The number of pyridine rings is 6. The van der Waals surface area contributed by atoms with Gasteiger partial charge in [-0.25, -0.2) is 22.8 Å². The van der Waals surface area contributed by atoms with Gasteiger partial charge in [0.05, 0.1) is 68.7 Å². The highest BCUT2D eigenvalue weighted by atomic mass is 15.0. The lowest BCUT2D eigenvalue weighted by Crippen LogP contribution is -2.32. The minimum atomic E-state index is 0.449. The Kier molecular flexibility index (Phi) is 23.8. The fourth-order valence-electron chi connectivity index (χ4n) is 13.7.